The topological polar surface area (TPSA) is 108 Å². The highest BCUT2D eigenvalue weighted by atomic mass is 16.2. The Labute approximate surface area is 191 Å². The van der Waals surface area contributed by atoms with Gasteiger partial charge in [-0.1, -0.05) is 30.3 Å². The zero-order valence-corrected chi connectivity index (χ0v) is 18.0. The molecule has 1 fully saturated rings. The van der Waals surface area contributed by atoms with Crippen LogP contribution in [0.5, 0.6) is 0 Å². The van der Waals surface area contributed by atoms with Crippen molar-refractivity contribution in [1.29, 1.82) is 0 Å². The summed E-state index contributed by atoms with van der Waals surface area (Å²) >= 11 is 0. The van der Waals surface area contributed by atoms with E-state index in [9.17, 15) is 19.2 Å². The number of rotatable bonds is 5. The predicted octanol–water partition coefficient (Wildman–Crippen LogP) is 2.08. The van der Waals surface area contributed by atoms with Gasteiger partial charge in [0.25, 0.3) is 11.8 Å². The van der Waals surface area contributed by atoms with E-state index in [0.717, 1.165) is 30.1 Å². The van der Waals surface area contributed by atoms with Gasteiger partial charge in [0.1, 0.15) is 6.04 Å². The van der Waals surface area contributed by atoms with E-state index in [-0.39, 0.29) is 24.3 Å². The number of nitrogens with zero attached hydrogens (tertiary/aromatic N) is 1. The van der Waals surface area contributed by atoms with Crippen molar-refractivity contribution < 1.29 is 19.2 Å². The van der Waals surface area contributed by atoms with Crippen LogP contribution in [0.3, 0.4) is 0 Å². The van der Waals surface area contributed by atoms with E-state index in [1.807, 2.05) is 12.1 Å². The third-order valence-corrected chi connectivity index (χ3v) is 6.36. The Hall–Kier alpha value is -3.78. The van der Waals surface area contributed by atoms with Gasteiger partial charge >= 0.3 is 0 Å². The highest BCUT2D eigenvalue weighted by molar-refractivity contribution is 6.24. The Balaban J connectivity index is 1.33. The molecule has 8 heteroatoms. The summed E-state index contributed by atoms with van der Waals surface area (Å²) in [6.07, 6.45) is 3.45. The Morgan fingerprint density at radius 1 is 0.970 bits per heavy atom. The number of piperidine rings is 1. The number of carbonyl (C=O) groups excluding carboxylic acids is 4. The summed E-state index contributed by atoms with van der Waals surface area (Å²) in [4.78, 5) is 50.9. The molecule has 0 aliphatic carbocycles. The first-order chi connectivity index (χ1) is 16.0. The number of hydrogen-bond donors (Lipinski definition) is 3. The molecular formula is C25H24N4O4. The lowest BCUT2D eigenvalue weighted by Gasteiger charge is -2.27. The molecule has 4 amide bonds. The van der Waals surface area contributed by atoms with Gasteiger partial charge in [-0.2, -0.15) is 0 Å². The van der Waals surface area contributed by atoms with Crippen LogP contribution in [0.15, 0.2) is 48.5 Å². The maximum Gasteiger partial charge on any atom is 0.262 e. The van der Waals surface area contributed by atoms with E-state index in [1.165, 1.54) is 11.1 Å². The normalized spacial score (nSPS) is 20.4. The van der Waals surface area contributed by atoms with Crippen molar-refractivity contribution in [2.45, 2.75) is 31.8 Å². The minimum absolute atomic E-state index is 0.0988. The fourth-order valence-corrected chi connectivity index (χ4v) is 4.62. The van der Waals surface area contributed by atoms with Crippen molar-refractivity contribution in [2.75, 3.05) is 18.4 Å². The lowest BCUT2D eigenvalue weighted by molar-refractivity contribution is -0.136. The van der Waals surface area contributed by atoms with Gasteiger partial charge in [0.2, 0.25) is 11.8 Å². The van der Waals surface area contributed by atoms with Crippen molar-refractivity contribution in [1.82, 2.24) is 15.5 Å². The summed E-state index contributed by atoms with van der Waals surface area (Å²) in [7, 11) is 0. The van der Waals surface area contributed by atoms with Gasteiger partial charge in [-0.15, -0.1) is 0 Å². The molecule has 0 saturated carbocycles. The third kappa shape index (κ3) is 3.93. The number of fused-ring (bicyclic) bond motifs is 1. The van der Waals surface area contributed by atoms with Gasteiger partial charge in [0.05, 0.1) is 11.1 Å². The van der Waals surface area contributed by atoms with Crippen LogP contribution >= 0.6 is 0 Å². The number of amides is 4. The molecule has 168 valence electrons. The maximum absolute atomic E-state index is 13.2. The second kappa shape index (κ2) is 8.63. The van der Waals surface area contributed by atoms with E-state index >= 15 is 0 Å². The standard InChI is InChI=1S/C25H24N4O4/c30-21-9-8-20(23(31)28-21)29-24(32)19-3-1-2-17(22(19)25(29)33)14-27-18-6-4-15(5-7-18)16-10-12-26-13-11-16/h1-7,10,20,26-27H,8-9,11-14H2,(H,28,30,31). The molecule has 0 radical (unpaired) electrons. The van der Waals surface area contributed by atoms with Crippen LogP contribution in [0.25, 0.3) is 5.57 Å². The Bertz CT molecular complexity index is 1190. The molecule has 3 heterocycles. The van der Waals surface area contributed by atoms with Crippen molar-refractivity contribution in [3.8, 4) is 0 Å². The second-order valence-electron chi connectivity index (χ2n) is 8.40. The number of nitrogens with one attached hydrogen (secondary N) is 3. The Morgan fingerprint density at radius 3 is 2.52 bits per heavy atom. The van der Waals surface area contributed by atoms with Gasteiger partial charge in [0, 0.05) is 25.2 Å². The summed E-state index contributed by atoms with van der Waals surface area (Å²) < 4.78 is 0. The number of benzene rings is 2. The molecule has 0 bridgehead atoms. The molecular weight excluding hydrogens is 420 g/mol. The number of hydrogen-bond acceptors (Lipinski definition) is 6. The van der Waals surface area contributed by atoms with Crippen LogP contribution in [0.2, 0.25) is 0 Å². The number of carbonyl (C=O) groups is 4. The summed E-state index contributed by atoms with van der Waals surface area (Å²) in [5.74, 6) is -1.98. The molecule has 5 rings (SSSR count). The van der Waals surface area contributed by atoms with Crippen LogP contribution in [0, 0.1) is 0 Å². The highest BCUT2D eigenvalue weighted by Gasteiger charge is 2.45. The van der Waals surface area contributed by atoms with Gasteiger partial charge < -0.3 is 10.6 Å². The lowest BCUT2D eigenvalue weighted by atomic mass is 10.00. The van der Waals surface area contributed by atoms with Gasteiger partial charge in [-0.25, -0.2) is 0 Å². The largest absolute Gasteiger partial charge is 0.381 e. The zero-order valence-electron chi connectivity index (χ0n) is 18.0. The average Bonchev–Trinajstić information content (AvgIpc) is 3.09. The number of imide groups is 2. The smallest absolute Gasteiger partial charge is 0.262 e. The molecule has 3 aliphatic rings. The molecule has 33 heavy (non-hydrogen) atoms. The molecule has 0 spiro atoms. The minimum Gasteiger partial charge on any atom is -0.381 e. The quantitative estimate of drug-likeness (QED) is 0.610. The molecule has 2 aromatic carbocycles. The van der Waals surface area contributed by atoms with Crippen LogP contribution in [0.1, 0.15) is 51.1 Å². The van der Waals surface area contributed by atoms with Crippen molar-refractivity contribution >= 4 is 34.9 Å². The maximum atomic E-state index is 13.2. The van der Waals surface area contributed by atoms with Crippen LogP contribution in [-0.4, -0.2) is 47.7 Å². The monoisotopic (exact) mass is 444 g/mol. The van der Waals surface area contributed by atoms with Gasteiger partial charge in [-0.05, 0) is 54.3 Å². The fourth-order valence-electron chi connectivity index (χ4n) is 4.62. The minimum atomic E-state index is -0.965. The first kappa shape index (κ1) is 21.1. The van der Waals surface area contributed by atoms with Crippen molar-refractivity contribution in [3.63, 3.8) is 0 Å². The summed E-state index contributed by atoms with van der Waals surface area (Å²) in [5, 5.41) is 8.86. The summed E-state index contributed by atoms with van der Waals surface area (Å²) in [5.41, 5.74) is 4.73. The van der Waals surface area contributed by atoms with Crippen LogP contribution < -0.4 is 16.0 Å². The predicted molar refractivity (Wildman–Crippen MR) is 122 cm³/mol. The molecule has 1 unspecified atom stereocenters. The highest BCUT2D eigenvalue weighted by Crippen LogP contribution is 2.30. The van der Waals surface area contributed by atoms with Crippen molar-refractivity contribution in [3.05, 3.63) is 70.8 Å². The summed E-state index contributed by atoms with van der Waals surface area (Å²) in [6.45, 7) is 2.22. The van der Waals surface area contributed by atoms with Crippen LogP contribution in [-0.2, 0) is 16.1 Å². The Kier molecular flexibility index (Phi) is 5.51. The zero-order chi connectivity index (χ0) is 22.9. The first-order valence-corrected chi connectivity index (χ1v) is 11.1. The molecule has 3 N–H and O–H groups in total. The lowest BCUT2D eigenvalue weighted by Crippen LogP contribution is -2.54. The summed E-state index contributed by atoms with van der Waals surface area (Å²) in [6, 6.07) is 12.3. The molecule has 0 aromatic heterocycles. The molecule has 3 aliphatic heterocycles. The number of anilines is 1. The molecule has 1 saturated heterocycles. The SMILES string of the molecule is O=C1CCC(N2C(=O)c3cccc(CNc4ccc(C5=CCNCC5)cc4)c3C2=O)C(=O)N1. The fraction of sp³-hybridized carbons (Fsp3) is 0.280. The van der Waals surface area contributed by atoms with E-state index < -0.39 is 23.8 Å². The molecule has 1 atom stereocenters. The van der Waals surface area contributed by atoms with E-state index in [0.29, 0.717) is 17.7 Å². The van der Waals surface area contributed by atoms with E-state index in [1.54, 1.807) is 18.2 Å². The van der Waals surface area contributed by atoms with Crippen molar-refractivity contribution in [2.24, 2.45) is 0 Å². The van der Waals surface area contributed by atoms with E-state index in [2.05, 4.69) is 34.2 Å². The molecule has 8 nitrogen and oxygen atoms in total. The Morgan fingerprint density at radius 2 is 1.79 bits per heavy atom. The third-order valence-electron chi connectivity index (χ3n) is 6.36. The first-order valence-electron chi connectivity index (χ1n) is 11.1. The van der Waals surface area contributed by atoms with Gasteiger partial charge in [0.15, 0.2) is 0 Å². The van der Waals surface area contributed by atoms with E-state index in [4.69, 9.17) is 0 Å². The van der Waals surface area contributed by atoms with Gasteiger partial charge in [-0.3, -0.25) is 29.4 Å². The van der Waals surface area contributed by atoms with Crippen LogP contribution in [0.4, 0.5) is 5.69 Å². The second-order valence-corrected chi connectivity index (χ2v) is 8.40. The molecule has 2 aromatic rings. The average molecular weight is 444 g/mol.